The fraction of sp³-hybridized carbons (Fsp3) is 1.00. The van der Waals surface area contributed by atoms with E-state index < -0.39 is 0 Å². The van der Waals surface area contributed by atoms with E-state index in [1.165, 1.54) is 32.6 Å². The summed E-state index contributed by atoms with van der Waals surface area (Å²) in [6, 6.07) is 0. The van der Waals surface area contributed by atoms with E-state index in [9.17, 15) is 0 Å². The molecular formula is C9H20N2. The van der Waals surface area contributed by atoms with Crippen LogP contribution >= 0.6 is 0 Å². The third-order valence-electron chi connectivity index (χ3n) is 2.60. The Hall–Kier alpha value is -0.0800. The van der Waals surface area contributed by atoms with E-state index in [1.54, 1.807) is 0 Å². The van der Waals surface area contributed by atoms with Crippen molar-refractivity contribution < 1.29 is 0 Å². The summed E-state index contributed by atoms with van der Waals surface area (Å²) in [5.41, 5.74) is 0. The Labute approximate surface area is 70.2 Å². The number of rotatable bonds is 3. The van der Waals surface area contributed by atoms with E-state index in [0.29, 0.717) is 0 Å². The second kappa shape index (κ2) is 4.07. The number of hydrogen-bond acceptors (Lipinski definition) is 2. The van der Waals surface area contributed by atoms with Crippen LogP contribution in [0.15, 0.2) is 0 Å². The quantitative estimate of drug-likeness (QED) is 0.599. The molecular weight excluding hydrogens is 136 g/mol. The lowest BCUT2D eigenvalue weighted by atomic mass is 10.1. The minimum atomic E-state index is 0.921. The topological polar surface area (TPSA) is 6.48 Å². The zero-order valence-corrected chi connectivity index (χ0v) is 8.01. The van der Waals surface area contributed by atoms with Crippen molar-refractivity contribution in [2.24, 2.45) is 5.92 Å². The average Bonchev–Trinajstić information content (AvgIpc) is 2.35. The van der Waals surface area contributed by atoms with Crippen LogP contribution in [-0.4, -0.2) is 50.1 Å². The van der Waals surface area contributed by atoms with Crippen LogP contribution in [0.25, 0.3) is 0 Å². The highest BCUT2D eigenvalue weighted by Gasteiger charge is 2.19. The fourth-order valence-electron chi connectivity index (χ4n) is 1.75. The van der Waals surface area contributed by atoms with E-state index >= 15 is 0 Å². The van der Waals surface area contributed by atoms with Gasteiger partial charge in [-0.05, 0) is 39.5 Å². The monoisotopic (exact) mass is 156 g/mol. The van der Waals surface area contributed by atoms with Crippen LogP contribution in [0.3, 0.4) is 0 Å². The van der Waals surface area contributed by atoms with Crippen LogP contribution in [0.1, 0.15) is 13.3 Å². The molecule has 0 amide bonds. The number of likely N-dealkylation sites (tertiary alicyclic amines) is 1. The van der Waals surface area contributed by atoms with Gasteiger partial charge in [0.2, 0.25) is 0 Å². The van der Waals surface area contributed by atoms with Gasteiger partial charge in [0.15, 0.2) is 0 Å². The SMILES string of the molecule is CCN(C)CC1CCN(C)C1. The fourth-order valence-corrected chi connectivity index (χ4v) is 1.75. The smallest absolute Gasteiger partial charge is 0.00193 e. The van der Waals surface area contributed by atoms with Gasteiger partial charge >= 0.3 is 0 Å². The third kappa shape index (κ3) is 2.80. The minimum absolute atomic E-state index is 0.921. The van der Waals surface area contributed by atoms with Crippen molar-refractivity contribution in [3.05, 3.63) is 0 Å². The van der Waals surface area contributed by atoms with Crippen molar-refractivity contribution in [1.29, 1.82) is 0 Å². The van der Waals surface area contributed by atoms with Gasteiger partial charge in [0.1, 0.15) is 0 Å². The Morgan fingerprint density at radius 2 is 2.27 bits per heavy atom. The number of nitrogens with zero attached hydrogens (tertiary/aromatic N) is 2. The molecule has 1 aliphatic rings. The van der Waals surface area contributed by atoms with E-state index in [-0.39, 0.29) is 0 Å². The Kier molecular flexibility index (Phi) is 3.34. The van der Waals surface area contributed by atoms with Gasteiger partial charge in [0, 0.05) is 13.1 Å². The molecule has 0 saturated carbocycles. The molecule has 1 heterocycles. The van der Waals surface area contributed by atoms with Crippen molar-refractivity contribution in [3.63, 3.8) is 0 Å². The minimum Gasteiger partial charge on any atom is -0.306 e. The van der Waals surface area contributed by atoms with Crippen molar-refractivity contribution >= 4 is 0 Å². The summed E-state index contributed by atoms with van der Waals surface area (Å²) < 4.78 is 0. The summed E-state index contributed by atoms with van der Waals surface area (Å²) in [6.45, 7) is 7.27. The third-order valence-corrected chi connectivity index (χ3v) is 2.60. The van der Waals surface area contributed by atoms with Crippen molar-refractivity contribution in [1.82, 2.24) is 9.80 Å². The van der Waals surface area contributed by atoms with Crippen LogP contribution in [0.4, 0.5) is 0 Å². The molecule has 2 heteroatoms. The predicted octanol–water partition coefficient (Wildman–Crippen LogP) is 0.890. The highest BCUT2D eigenvalue weighted by Crippen LogP contribution is 2.14. The van der Waals surface area contributed by atoms with E-state index in [0.717, 1.165) is 5.92 Å². The van der Waals surface area contributed by atoms with Crippen molar-refractivity contribution in [3.8, 4) is 0 Å². The van der Waals surface area contributed by atoms with Crippen LogP contribution in [0, 0.1) is 5.92 Å². The molecule has 0 aromatic heterocycles. The molecule has 0 spiro atoms. The van der Waals surface area contributed by atoms with Gasteiger partial charge in [0.25, 0.3) is 0 Å². The predicted molar refractivity (Wildman–Crippen MR) is 48.8 cm³/mol. The Bertz CT molecular complexity index is 114. The highest BCUT2D eigenvalue weighted by molar-refractivity contribution is 4.74. The molecule has 0 aliphatic carbocycles. The lowest BCUT2D eigenvalue weighted by Gasteiger charge is -2.18. The second-order valence-corrected chi connectivity index (χ2v) is 3.77. The van der Waals surface area contributed by atoms with E-state index in [1.807, 2.05) is 0 Å². The maximum absolute atomic E-state index is 2.42. The summed E-state index contributed by atoms with van der Waals surface area (Å²) in [4.78, 5) is 4.83. The molecule has 1 atom stereocenters. The van der Waals surface area contributed by atoms with E-state index in [4.69, 9.17) is 0 Å². The summed E-state index contributed by atoms with van der Waals surface area (Å²) in [7, 11) is 4.42. The lowest BCUT2D eigenvalue weighted by Crippen LogP contribution is -2.27. The van der Waals surface area contributed by atoms with Gasteiger partial charge in [-0.25, -0.2) is 0 Å². The zero-order chi connectivity index (χ0) is 8.27. The molecule has 1 fully saturated rings. The molecule has 1 saturated heterocycles. The number of hydrogen-bond donors (Lipinski definition) is 0. The normalized spacial score (nSPS) is 26.7. The summed E-state index contributed by atoms with van der Waals surface area (Å²) in [6.07, 6.45) is 1.39. The molecule has 2 nitrogen and oxygen atoms in total. The first kappa shape index (κ1) is 9.01. The van der Waals surface area contributed by atoms with Gasteiger partial charge < -0.3 is 9.80 Å². The first-order valence-corrected chi connectivity index (χ1v) is 4.59. The lowest BCUT2D eigenvalue weighted by molar-refractivity contribution is 0.285. The molecule has 0 bridgehead atoms. The second-order valence-electron chi connectivity index (χ2n) is 3.77. The molecule has 1 rings (SSSR count). The Balaban J connectivity index is 2.17. The van der Waals surface area contributed by atoms with Crippen LogP contribution in [0.2, 0.25) is 0 Å². The summed E-state index contributed by atoms with van der Waals surface area (Å²) in [5, 5.41) is 0. The van der Waals surface area contributed by atoms with Crippen molar-refractivity contribution in [2.75, 3.05) is 40.3 Å². The first-order valence-electron chi connectivity index (χ1n) is 4.59. The molecule has 0 aromatic rings. The van der Waals surface area contributed by atoms with Gasteiger partial charge in [0.05, 0.1) is 0 Å². The molecule has 1 aliphatic heterocycles. The molecule has 0 N–H and O–H groups in total. The standard InChI is InChI=1S/C9H20N2/c1-4-10(2)7-9-5-6-11(3)8-9/h9H,4-8H2,1-3H3. The Morgan fingerprint density at radius 3 is 2.73 bits per heavy atom. The Morgan fingerprint density at radius 1 is 1.55 bits per heavy atom. The maximum atomic E-state index is 2.42. The molecule has 0 aromatic carbocycles. The highest BCUT2D eigenvalue weighted by atomic mass is 15.1. The molecule has 1 unspecified atom stereocenters. The van der Waals surface area contributed by atoms with Gasteiger partial charge in [-0.3, -0.25) is 0 Å². The largest absolute Gasteiger partial charge is 0.306 e. The maximum Gasteiger partial charge on any atom is 0.00193 e. The van der Waals surface area contributed by atoms with Crippen LogP contribution in [0.5, 0.6) is 0 Å². The van der Waals surface area contributed by atoms with Crippen molar-refractivity contribution in [2.45, 2.75) is 13.3 Å². The molecule has 11 heavy (non-hydrogen) atoms. The van der Waals surface area contributed by atoms with Crippen LogP contribution in [-0.2, 0) is 0 Å². The average molecular weight is 156 g/mol. The van der Waals surface area contributed by atoms with Gasteiger partial charge in [-0.15, -0.1) is 0 Å². The van der Waals surface area contributed by atoms with E-state index in [2.05, 4.69) is 30.8 Å². The molecule has 0 radical (unpaired) electrons. The van der Waals surface area contributed by atoms with Crippen LogP contribution < -0.4 is 0 Å². The van der Waals surface area contributed by atoms with Gasteiger partial charge in [-0.1, -0.05) is 6.92 Å². The summed E-state index contributed by atoms with van der Waals surface area (Å²) >= 11 is 0. The first-order chi connectivity index (χ1) is 5.22. The zero-order valence-electron chi connectivity index (χ0n) is 8.01. The summed E-state index contributed by atoms with van der Waals surface area (Å²) in [5.74, 6) is 0.921. The molecule has 66 valence electrons. The van der Waals surface area contributed by atoms with Gasteiger partial charge in [-0.2, -0.15) is 0 Å².